The Balaban J connectivity index is 2.68. The van der Waals surface area contributed by atoms with Crippen molar-refractivity contribution in [3.8, 4) is 0 Å². The first kappa shape index (κ1) is 6.82. The Labute approximate surface area is 41.8 Å². The highest BCUT2D eigenvalue weighted by molar-refractivity contribution is 4.30. The molecular formula is C4H9F2N. The number of rotatable bonds is 3. The van der Waals surface area contributed by atoms with Crippen molar-refractivity contribution in [2.24, 2.45) is 0 Å². The van der Waals surface area contributed by atoms with Crippen LogP contribution in [0.5, 0.6) is 0 Å². The van der Waals surface area contributed by atoms with Crippen LogP contribution in [-0.2, 0) is 0 Å². The van der Waals surface area contributed by atoms with Gasteiger partial charge < -0.3 is 0 Å². The lowest BCUT2D eigenvalue weighted by atomic mass is 10.3. The van der Waals surface area contributed by atoms with E-state index in [1.54, 1.807) is 0 Å². The highest BCUT2D eigenvalue weighted by atomic mass is 19.4. The minimum absolute atomic E-state index is 0.101. The third-order valence-electron chi connectivity index (χ3n) is 0.681. The van der Waals surface area contributed by atoms with E-state index >= 15 is 0 Å². The van der Waals surface area contributed by atoms with Crippen molar-refractivity contribution < 1.29 is 8.96 Å². The second-order valence-electron chi connectivity index (χ2n) is 1.38. The Hall–Kier alpha value is -0.180. The van der Waals surface area contributed by atoms with Gasteiger partial charge in [-0.2, -0.15) is 0 Å². The summed E-state index contributed by atoms with van der Waals surface area (Å²) in [5, 5.41) is -0.788. The largest absolute Gasteiger partial charge is 0.102 e. The van der Waals surface area contributed by atoms with Gasteiger partial charge in [0.05, 0.1) is 6.54 Å². The summed E-state index contributed by atoms with van der Waals surface area (Å²) >= 11 is 0. The first-order valence-corrected chi connectivity index (χ1v) is 2.36. The minimum atomic E-state index is -0.788. The molecule has 0 saturated carbocycles. The highest BCUT2D eigenvalue weighted by Gasteiger charge is 1.93. The third-order valence-corrected chi connectivity index (χ3v) is 0.681. The number of unbranched alkanes of at least 4 members (excludes halogenated alkanes) is 1. The van der Waals surface area contributed by atoms with Gasteiger partial charge in [0.15, 0.2) is 0 Å². The van der Waals surface area contributed by atoms with Crippen LogP contribution in [0.15, 0.2) is 0 Å². The Morgan fingerprint density at radius 3 is 2.14 bits per heavy atom. The van der Waals surface area contributed by atoms with E-state index in [1.807, 2.05) is 6.92 Å². The van der Waals surface area contributed by atoms with Crippen molar-refractivity contribution in [1.29, 1.82) is 0 Å². The van der Waals surface area contributed by atoms with Crippen molar-refractivity contribution in [3.05, 3.63) is 0 Å². The van der Waals surface area contributed by atoms with Gasteiger partial charge in [0.2, 0.25) is 0 Å². The van der Waals surface area contributed by atoms with Crippen molar-refractivity contribution in [1.82, 2.24) is 5.34 Å². The average molecular weight is 109 g/mol. The standard InChI is InChI=1S/C4H9F2N/c1-2-3-4-7(5)6/h2-4H2,1H3. The maximum Gasteiger partial charge on any atom is 0.0620 e. The molecule has 0 spiro atoms. The second kappa shape index (κ2) is 3.99. The SMILES string of the molecule is CCCCN(F)F. The monoisotopic (exact) mass is 109 g/mol. The Morgan fingerprint density at radius 2 is 2.00 bits per heavy atom. The van der Waals surface area contributed by atoms with Crippen molar-refractivity contribution in [2.45, 2.75) is 19.8 Å². The molecule has 0 bridgehead atoms. The molecule has 0 fully saturated rings. The van der Waals surface area contributed by atoms with Crippen LogP contribution < -0.4 is 0 Å². The van der Waals surface area contributed by atoms with Gasteiger partial charge in [-0.1, -0.05) is 13.3 Å². The summed E-state index contributed by atoms with van der Waals surface area (Å²) in [6.45, 7) is 1.78. The summed E-state index contributed by atoms with van der Waals surface area (Å²) in [6, 6.07) is 0. The van der Waals surface area contributed by atoms with Crippen LogP contribution in [-0.4, -0.2) is 11.9 Å². The number of hydrogen-bond donors (Lipinski definition) is 0. The molecule has 3 heteroatoms. The molecule has 0 aromatic rings. The van der Waals surface area contributed by atoms with Gasteiger partial charge in [0.25, 0.3) is 0 Å². The molecule has 0 aliphatic rings. The second-order valence-corrected chi connectivity index (χ2v) is 1.38. The van der Waals surface area contributed by atoms with Gasteiger partial charge in [-0.25, -0.2) is 0 Å². The van der Waals surface area contributed by atoms with Crippen molar-refractivity contribution >= 4 is 0 Å². The van der Waals surface area contributed by atoms with Gasteiger partial charge in [-0.05, 0) is 6.42 Å². The molecule has 0 amide bonds. The molecule has 0 unspecified atom stereocenters. The molecule has 7 heavy (non-hydrogen) atoms. The quantitative estimate of drug-likeness (QED) is 0.500. The molecule has 0 aromatic heterocycles. The third kappa shape index (κ3) is 5.82. The Bertz CT molecular complexity index is 38.7. The fourth-order valence-corrected chi connectivity index (χ4v) is 0.278. The topological polar surface area (TPSA) is 3.24 Å². The minimum Gasteiger partial charge on any atom is -0.102 e. The predicted molar refractivity (Wildman–Crippen MR) is 23.8 cm³/mol. The number of hydrogen-bond acceptors (Lipinski definition) is 1. The molecule has 0 rings (SSSR count). The summed E-state index contributed by atoms with van der Waals surface area (Å²) in [5.41, 5.74) is 0. The van der Waals surface area contributed by atoms with E-state index in [2.05, 4.69) is 0 Å². The molecule has 0 aliphatic carbocycles. The molecule has 0 atom stereocenters. The van der Waals surface area contributed by atoms with Crippen LogP contribution in [0.2, 0.25) is 0 Å². The maximum atomic E-state index is 11.1. The van der Waals surface area contributed by atoms with E-state index in [-0.39, 0.29) is 6.54 Å². The zero-order chi connectivity index (χ0) is 5.70. The maximum absolute atomic E-state index is 11.1. The van der Waals surface area contributed by atoms with Gasteiger partial charge in [0.1, 0.15) is 0 Å². The smallest absolute Gasteiger partial charge is 0.0620 e. The zero-order valence-electron chi connectivity index (χ0n) is 4.32. The van der Waals surface area contributed by atoms with Crippen molar-refractivity contribution in [2.75, 3.05) is 6.54 Å². The van der Waals surface area contributed by atoms with E-state index < -0.39 is 5.34 Å². The first-order valence-electron chi connectivity index (χ1n) is 2.36. The van der Waals surface area contributed by atoms with Gasteiger partial charge in [-0.15, -0.1) is 8.96 Å². The molecule has 1 nitrogen and oxygen atoms in total. The van der Waals surface area contributed by atoms with E-state index in [9.17, 15) is 8.96 Å². The molecule has 44 valence electrons. The van der Waals surface area contributed by atoms with Gasteiger partial charge in [-0.3, -0.25) is 0 Å². The van der Waals surface area contributed by atoms with E-state index in [0.29, 0.717) is 6.42 Å². The molecule has 0 aliphatic heterocycles. The molecule has 0 saturated heterocycles. The molecule has 0 heterocycles. The highest BCUT2D eigenvalue weighted by Crippen LogP contribution is 1.93. The fraction of sp³-hybridized carbons (Fsp3) is 1.00. The summed E-state index contributed by atoms with van der Waals surface area (Å²) in [7, 11) is 0. The Kier molecular flexibility index (Phi) is 3.89. The molecule has 0 aromatic carbocycles. The lowest BCUT2D eigenvalue weighted by Gasteiger charge is -1.94. The summed E-state index contributed by atoms with van der Waals surface area (Å²) < 4.78 is 22.1. The van der Waals surface area contributed by atoms with Crippen LogP contribution in [0.1, 0.15) is 19.8 Å². The first-order chi connectivity index (χ1) is 3.27. The number of nitrogens with zero attached hydrogens (tertiary/aromatic N) is 1. The van der Waals surface area contributed by atoms with Crippen LogP contribution in [0.25, 0.3) is 0 Å². The zero-order valence-corrected chi connectivity index (χ0v) is 4.32. The lowest BCUT2D eigenvalue weighted by molar-refractivity contribution is -0.153. The predicted octanol–water partition coefficient (Wildman–Crippen LogP) is 1.86. The lowest BCUT2D eigenvalue weighted by Crippen LogP contribution is -2.00. The Morgan fingerprint density at radius 1 is 1.43 bits per heavy atom. The summed E-state index contributed by atoms with van der Waals surface area (Å²) in [4.78, 5) is 0. The van der Waals surface area contributed by atoms with Gasteiger partial charge in [0, 0.05) is 5.34 Å². The molecule has 0 N–H and O–H groups in total. The summed E-state index contributed by atoms with van der Waals surface area (Å²) in [6.07, 6.45) is 1.40. The van der Waals surface area contributed by atoms with E-state index in [1.165, 1.54) is 0 Å². The van der Waals surface area contributed by atoms with E-state index in [4.69, 9.17) is 0 Å². The van der Waals surface area contributed by atoms with Crippen LogP contribution >= 0.6 is 0 Å². The normalized spacial score (nSPS) is 10.3. The summed E-state index contributed by atoms with van der Waals surface area (Å²) in [5.74, 6) is 0. The van der Waals surface area contributed by atoms with Gasteiger partial charge >= 0.3 is 0 Å². The number of halogens is 2. The average Bonchev–Trinajstić information content (AvgIpc) is 1.61. The fourth-order valence-electron chi connectivity index (χ4n) is 0.278. The van der Waals surface area contributed by atoms with Crippen LogP contribution in [0.3, 0.4) is 0 Å². The van der Waals surface area contributed by atoms with Crippen LogP contribution in [0, 0.1) is 0 Å². The van der Waals surface area contributed by atoms with Crippen LogP contribution in [0.4, 0.5) is 8.96 Å². The van der Waals surface area contributed by atoms with E-state index in [0.717, 1.165) is 6.42 Å². The van der Waals surface area contributed by atoms with Crippen molar-refractivity contribution in [3.63, 3.8) is 0 Å². The molecule has 0 radical (unpaired) electrons. The molecular weight excluding hydrogens is 100 g/mol.